The number of ether oxygens (including phenoxy) is 1. The minimum atomic E-state index is 0.149. The predicted molar refractivity (Wildman–Crippen MR) is 73.2 cm³/mol. The molecular weight excluding hydrogens is 228 g/mol. The van der Waals surface area contributed by atoms with Crippen molar-refractivity contribution in [2.75, 3.05) is 26.3 Å². The summed E-state index contributed by atoms with van der Waals surface area (Å²) in [6.45, 7) is 4.93. The molecule has 1 saturated carbocycles. The summed E-state index contributed by atoms with van der Waals surface area (Å²) in [6.07, 6.45) is 6.38. The van der Waals surface area contributed by atoms with Crippen LogP contribution in [0.5, 0.6) is 0 Å². The molecule has 18 heavy (non-hydrogen) atoms. The van der Waals surface area contributed by atoms with Crippen molar-refractivity contribution >= 4 is 5.91 Å². The minimum Gasteiger partial charge on any atom is -0.382 e. The van der Waals surface area contributed by atoms with Crippen LogP contribution >= 0.6 is 0 Å². The van der Waals surface area contributed by atoms with E-state index < -0.39 is 0 Å². The number of hydrogen-bond donors (Lipinski definition) is 2. The highest BCUT2D eigenvalue weighted by Crippen LogP contribution is 2.28. The maximum atomic E-state index is 11.6. The summed E-state index contributed by atoms with van der Waals surface area (Å²) in [5, 5.41) is 3.04. The highest BCUT2D eigenvalue weighted by atomic mass is 16.5. The number of nitrogens with two attached hydrogens (primary N) is 1. The Kier molecular flexibility index (Phi) is 8.01. The average Bonchev–Trinajstić information content (AvgIpc) is 2.41. The second-order valence-electron chi connectivity index (χ2n) is 5.14. The van der Waals surface area contributed by atoms with E-state index in [9.17, 15) is 4.79 Å². The molecule has 0 aromatic rings. The number of rotatable bonds is 8. The van der Waals surface area contributed by atoms with Gasteiger partial charge in [0.25, 0.3) is 0 Å². The molecule has 0 heterocycles. The van der Waals surface area contributed by atoms with Gasteiger partial charge in [0.2, 0.25) is 5.91 Å². The lowest BCUT2D eigenvalue weighted by molar-refractivity contribution is -0.121. The van der Waals surface area contributed by atoms with Crippen molar-refractivity contribution in [3.63, 3.8) is 0 Å². The van der Waals surface area contributed by atoms with E-state index in [-0.39, 0.29) is 5.91 Å². The van der Waals surface area contributed by atoms with Crippen LogP contribution < -0.4 is 11.1 Å². The molecule has 106 valence electrons. The molecule has 1 aliphatic carbocycles. The topological polar surface area (TPSA) is 64.3 Å². The van der Waals surface area contributed by atoms with Crippen LogP contribution in [-0.4, -0.2) is 32.2 Å². The van der Waals surface area contributed by atoms with Crippen LogP contribution in [0.1, 0.15) is 45.4 Å². The molecular formula is C14H28N2O2. The number of nitrogens with one attached hydrogen (secondary N) is 1. The van der Waals surface area contributed by atoms with Crippen molar-refractivity contribution in [1.29, 1.82) is 0 Å². The molecule has 0 radical (unpaired) electrons. The van der Waals surface area contributed by atoms with E-state index in [0.29, 0.717) is 24.9 Å². The normalized spacial score (nSPS) is 23.9. The molecule has 4 heteroatoms. The first-order chi connectivity index (χ1) is 8.77. The lowest BCUT2D eigenvalue weighted by Gasteiger charge is -2.30. The zero-order chi connectivity index (χ0) is 13.2. The van der Waals surface area contributed by atoms with Crippen molar-refractivity contribution in [3.05, 3.63) is 0 Å². The van der Waals surface area contributed by atoms with Gasteiger partial charge >= 0.3 is 0 Å². The second kappa shape index (κ2) is 9.34. The van der Waals surface area contributed by atoms with Crippen LogP contribution in [-0.2, 0) is 9.53 Å². The lowest BCUT2D eigenvalue weighted by Crippen LogP contribution is -2.36. The van der Waals surface area contributed by atoms with E-state index in [1.165, 1.54) is 25.7 Å². The van der Waals surface area contributed by atoms with E-state index in [0.717, 1.165) is 26.1 Å². The minimum absolute atomic E-state index is 0.149. The Balaban J connectivity index is 2.12. The summed E-state index contributed by atoms with van der Waals surface area (Å²) < 4.78 is 5.22. The molecule has 0 aromatic heterocycles. The maximum Gasteiger partial charge on any atom is 0.220 e. The first-order valence-electron chi connectivity index (χ1n) is 7.32. The molecule has 0 aromatic carbocycles. The van der Waals surface area contributed by atoms with Crippen molar-refractivity contribution in [2.45, 2.75) is 45.4 Å². The molecule has 4 nitrogen and oxygen atoms in total. The van der Waals surface area contributed by atoms with Gasteiger partial charge in [-0.1, -0.05) is 12.8 Å². The quantitative estimate of drug-likeness (QED) is 0.649. The Morgan fingerprint density at radius 1 is 1.33 bits per heavy atom. The van der Waals surface area contributed by atoms with Crippen LogP contribution in [0.3, 0.4) is 0 Å². The zero-order valence-corrected chi connectivity index (χ0v) is 11.6. The lowest BCUT2D eigenvalue weighted by atomic mass is 9.79. The molecule has 3 N–H and O–H groups in total. The fourth-order valence-corrected chi connectivity index (χ4v) is 2.68. The van der Waals surface area contributed by atoms with E-state index in [1.807, 2.05) is 6.92 Å². The van der Waals surface area contributed by atoms with Gasteiger partial charge in [0.1, 0.15) is 0 Å². The molecule has 0 aliphatic heterocycles. The predicted octanol–water partition coefficient (Wildman–Crippen LogP) is 1.68. The fourth-order valence-electron chi connectivity index (χ4n) is 2.68. The largest absolute Gasteiger partial charge is 0.382 e. The molecule has 0 saturated heterocycles. The number of amides is 1. The second-order valence-corrected chi connectivity index (χ2v) is 5.14. The zero-order valence-electron chi connectivity index (χ0n) is 11.6. The molecule has 2 unspecified atom stereocenters. The molecule has 2 atom stereocenters. The third-order valence-corrected chi connectivity index (χ3v) is 3.83. The Hall–Kier alpha value is -0.610. The van der Waals surface area contributed by atoms with Gasteiger partial charge in [-0.3, -0.25) is 4.79 Å². The Morgan fingerprint density at radius 2 is 2.06 bits per heavy atom. The Bertz CT molecular complexity index is 234. The van der Waals surface area contributed by atoms with Crippen LogP contribution in [0.15, 0.2) is 0 Å². The van der Waals surface area contributed by atoms with E-state index in [1.54, 1.807) is 0 Å². The Labute approximate surface area is 111 Å². The highest BCUT2D eigenvalue weighted by molar-refractivity contribution is 5.75. The van der Waals surface area contributed by atoms with Gasteiger partial charge in [-0.05, 0) is 44.6 Å². The van der Waals surface area contributed by atoms with Gasteiger partial charge < -0.3 is 15.8 Å². The molecule has 1 fully saturated rings. The van der Waals surface area contributed by atoms with Crippen molar-refractivity contribution in [3.8, 4) is 0 Å². The summed E-state index contributed by atoms with van der Waals surface area (Å²) in [5.41, 5.74) is 5.78. The first kappa shape index (κ1) is 15.4. The van der Waals surface area contributed by atoms with Gasteiger partial charge in [-0.2, -0.15) is 0 Å². The summed E-state index contributed by atoms with van der Waals surface area (Å²) in [4.78, 5) is 11.6. The monoisotopic (exact) mass is 256 g/mol. The standard InChI is InChI=1S/C14H28N2O2/c1-2-18-9-5-8-14(17)16-11-13-7-4-3-6-12(13)10-15/h12-13H,2-11,15H2,1H3,(H,16,17). The smallest absolute Gasteiger partial charge is 0.220 e. The maximum absolute atomic E-state index is 11.6. The third-order valence-electron chi connectivity index (χ3n) is 3.83. The number of carbonyl (C=O) groups excluding carboxylic acids is 1. The van der Waals surface area contributed by atoms with Gasteiger partial charge in [0.15, 0.2) is 0 Å². The molecule has 1 aliphatic rings. The van der Waals surface area contributed by atoms with Crippen LogP contribution in [0.2, 0.25) is 0 Å². The van der Waals surface area contributed by atoms with E-state index in [2.05, 4.69) is 5.32 Å². The number of carbonyl (C=O) groups is 1. The van der Waals surface area contributed by atoms with Gasteiger partial charge in [0, 0.05) is 26.2 Å². The van der Waals surface area contributed by atoms with Crippen molar-refractivity contribution in [1.82, 2.24) is 5.32 Å². The summed E-state index contributed by atoms with van der Waals surface area (Å²) in [6, 6.07) is 0. The van der Waals surface area contributed by atoms with Crippen molar-refractivity contribution < 1.29 is 9.53 Å². The van der Waals surface area contributed by atoms with Crippen LogP contribution in [0.25, 0.3) is 0 Å². The summed E-state index contributed by atoms with van der Waals surface area (Å²) in [5.74, 6) is 1.33. The summed E-state index contributed by atoms with van der Waals surface area (Å²) in [7, 11) is 0. The van der Waals surface area contributed by atoms with Crippen LogP contribution in [0, 0.1) is 11.8 Å². The SMILES string of the molecule is CCOCCCC(=O)NCC1CCCCC1CN. The summed E-state index contributed by atoms with van der Waals surface area (Å²) >= 11 is 0. The van der Waals surface area contributed by atoms with Gasteiger partial charge in [0.05, 0.1) is 0 Å². The first-order valence-corrected chi connectivity index (χ1v) is 7.32. The Morgan fingerprint density at radius 3 is 2.72 bits per heavy atom. The molecule has 1 amide bonds. The average molecular weight is 256 g/mol. The van der Waals surface area contributed by atoms with E-state index in [4.69, 9.17) is 10.5 Å². The molecule has 0 bridgehead atoms. The number of hydrogen-bond acceptors (Lipinski definition) is 3. The molecule has 0 spiro atoms. The molecule has 1 rings (SSSR count). The van der Waals surface area contributed by atoms with Crippen LogP contribution in [0.4, 0.5) is 0 Å². The van der Waals surface area contributed by atoms with Crippen molar-refractivity contribution in [2.24, 2.45) is 17.6 Å². The fraction of sp³-hybridized carbons (Fsp3) is 0.929. The van der Waals surface area contributed by atoms with E-state index >= 15 is 0 Å². The van der Waals surface area contributed by atoms with Gasteiger partial charge in [-0.25, -0.2) is 0 Å². The third kappa shape index (κ3) is 5.83. The highest BCUT2D eigenvalue weighted by Gasteiger charge is 2.23. The van der Waals surface area contributed by atoms with Gasteiger partial charge in [-0.15, -0.1) is 0 Å².